The highest BCUT2D eigenvalue weighted by atomic mass is 16.2. The van der Waals surface area contributed by atoms with Crippen LogP contribution in [-0.4, -0.2) is 65.5 Å². The van der Waals surface area contributed by atoms with Gasteiger partial charge in [-0.25, -0.2) is 4.68 Å². The minimum atomic E-state index is -0.101. The van der Waals surface area contributed by atoms with Gasteiger partial charge in [-0.15, -0.1) is 5.10 Å². The van der Waals surface area contributed by atoms with Gasteiger partial charge in [-0.1, -0.05) is 29.5 Å². The SMILES string of the molecule is Cc1cc(C(=O)N2CCC[C@H]2Cn2cc(C(=O)N3CCc4ccccc4C3)nn2)n(C)n1. The topological polar surface area (TPSA) is 89.2 Å². The number of carbonyl (C=O) groups is 2. The Balaban J connectivity index is 1.26. The van der Waals surface area contributed by atoms with Crippen LogP contribution in [0.4, 0.5) is 0 Å². The molecule has 166 valence electrons. The number of likely N-dealkylation sites (tertiary alicyclic amines) is 1. The predicted octanol–water partition coefficient (Wildman–Crippen LogP) is 1.82. The summed E-state index contributed by atoms with van der Waals surface area (Å²) in [4.78, 5) is 29.8. The molecule has 2 amide bonds. The Hall–Kier alpha value is -3.49. The zero-order chi connectivity index (χ0) is 22.2. The fourth-order valence-corrected chi connectivity index (χ4v) is 4.78. The zero-order valence-corrected chi connectivity index (χ0v) is 18.4. The highest BCUT2D eigenvalue weighted by Crippen LogP contribution is 2.23. The van der Waals surface area contributed by atoms with Crippen LogP contribution in [0.2, 0.25) is 0 Å². The molecule has 1 atom stereocenters. The molecule has 0 spiro atoms. The van der Waals surface area contributed by atoms with E-state index in [1.165, 1.54) is 11.1 Å². The lowest BCUT2D eigenvalue weighted by molar-refractivity contribution is 0.0706. The Morgan fingerprint density at radius 1 is 1.12 bits per heavy atom. The largest absolute Gasteiger partial charge is 0.333 e. The minimum absolute atomic E-state index is 0.0148. The first-order valence-corrected chi connectivity index (χ1v) is 11.1. The summed E-state index contributed by atoms with van der Waals surface area (Å²) in [6, 6.07) is 10.1. The second-order valence-electron chi connectivity index (χ2n) is 8.66. The lowest BCUT2D eigenvalue weighted by atomic mass is 10.00. The van der Waals surface area contributed by atoms with Gasteiger partial charge in [0, 0.05) is 26.7 Å². The molecule has 5 rings (SSSR count). The number of hydrogen-bond acceptors (Lipinski definition) is 5. The number of carbonyl (C=O) groups excluding carboxylic acids is 2. The molecule has 9 nitrogen and oxygen atoms in total. The third kappa shape index (κ3) is 3.79. The van der Waals surface area contributed by atoms with E-state index in [2.05, 4.69) is 27.5 Å². The third-order valence-electron chi connectivity index (χ3n) is 6.43. The van der Waals surface area contributed by atoms with Crippen LogP contribution in [0, 0.1) is 6.92 Å². The van der Waals surface area contributed by atoms with Gasteiger partial charge < -0.3 is 9.80 Å². The molecule has 9 heteroatoms. The average molecular weight is 434 g/mol. The molecule has 0 bridgehead atoms. The van der Waals surface area contributed by atoms with E-state index in [9.17, 15) is 9.59 Å². The van der Waals surface area contributed by atoms with E-state index in [1.54, 1.807) is 22.6 Å². The van der Waals surface area contributed by atoms with E-state index in [1.807, 2.05) is 34.9 Å². The van der Waals surface area contributed by atoms with E-state index in [0.717, 1.165) is 25.0 Å². The first-order valence-electron chi connectivity index (χ1n) is 11.1. The Kier molecular flexibility index (Phi) is 5.24. The van der Waals surface area contributed by atoms with Crippen molar-refractivity contribution in [2.45, 2.75) is 45.3 Å². The van der Waals surface area contributed by atoms with Crippen LogP contribution >= 0.6 is 0 Å². The Morgan fingerprint density at radius 3 is 2.72 bits per heavy atom. The highest BCUT2D eigenvalue weighted by Gasteiger charge is 2.32. The van der Waals surface area contributed by atoms with Crippen molar-refractivity contribution in [1.82, 2.24) is 34.6 Å². The molecular formula is C23H27N7O2. The summed E-state index contributed by atoms with van der Waals surface area (Å²) in [5, 5.41) is 12.6. The summed E-state index contributed by atoms with van der Waals surface area (Å²) >= 11 is 0. The molecule has 1 saturated heterocycles. The summed E-state index contributed by atoms with van der Waals surface area (Å²) in [6.07, 6.45) is 4.40. The van der Waals surface area contributed by atoms with Crippen LogP contribution in [0.3, 0.4) is 0 Å². The van der Waals surface area contributed by atoms with Gasteiger partial charge in [-0.2, -0.15) is 5.10 Å². The minimum Gasteiger partial charge on any atom is -0.333 e. The molecule has 32 heavy (non-hydrogen) atoms. The standard InChI is InChI=1S/C23H27N7O2/c1-16-12-21(27(2)25-16)23(32)30-10-5-8-19(30)14-29-15-20(24-26-29)22(31)28-11-9-17-6-3-4-7-18(17)13-28/h3-4,6-7,12,15,19H,5,8-11,13-14H2,1-2H3/t19-/m0/s1. The van der Waals surface area contributed by atoms with E-state index in [0.29, 0.717) is 37.6 Å². The summed E-state index contributed by atoms with van der Waals surface area (Å²) < 4.78 is 3.33. The molecule has 1 aromatic carbocycles. The number of aryl methyl sites for hydroxylation is 2. The number of fused-ring (bicyclic) bond motifs is 1. The van der Waals surface area contributed by atoms with Crippen LogP contribution in [0.5, 0.6) is 0 Å². The smallest absolute Gasteiger partial charge is 0.276 e. The fourth-order valence-electron chi connectivity index (χ4n) is 4.78. The number of rotatable bonds is 4. The van der Waals surface area contributed by atoms with Gasteiger partial charge in [0.2, 0.25) is 0 Å². The molecule has 2 aliphatic rings. The summed E-state index contributed by atoms with van der Waals surface area (Å²) in [5.41, 5.74) is 4.25. The average Bonchev–Trinajstić information content (AvgIpc) is 3.53. The number of nitrogens with zero attached hydrogens (tertiary/aromatic N) is 7. The van der Waals surface area contributed by atoms with Gasteiger partial charge in [-0.05, 0) is 43.4 Å². The third-order valence-corrected chi connectivity index (χ3v) is 6.43. The second kappa shape index (κ2) is 8.22. The Bertz CT molecular complexity index is 1160. The van der Waals surface area contributed by atoms with Crippen LogP contribution < -0.4 is 0 Å². The maximum Gasteiger partial charge on any atom is 0.276 e. The van der Waals surface area contributed by atoms with Gasteiger partial charge >= 0.3 is 0 Å². The molecule has 0 aliphatic carbocycles. The summed E-state index contributed by atoms with van der Waals surface area (Å²) in [5.74, 6) is -0.116. The van der Waals surface area contributed by atoms with E-state index >= 15 is 0 Å². The molecule has 2 aromatic heterocycles. The van der Waals surface area contributed by atoms with Crippen molar-refractivity contribution in [3.8, 4) is 0 Å². The van der Waals surface area contributed by atoms with Crippen molar-refractivity contribution in [3.63, 3.8) is 0 Å². The van der Waals surface area contributed by atoms with Crippen molar-refractivity contribution in [2.24, 2.45) is 7.05 Å². The Labute approximate surface area is 186 Å². The molecule has 0 N–H and O–H groups in total. The van der Waals surface area contributed by atoms with Gasteiger partial charge in [0.25, 0.3) is 11.8 Å². The quantitative estimate of drug-likeness (QED) is 0.626. The Morgan fingerprint density at radius 2 is 1.94 bits per heavy atom. The number of aromatic nitrogens is 5. The van der Waals surface area contributed by atoms with Crippen LogP contribution in [0.25, 0.3) is 0 Å². The lowest BCUT2D eigenvalue weighted by Gasteiger charge is -2.28. The van der Waals surface area contributed by atoms with Crippen LogP contribution in [0.15, 0.2) is 36.5 Å². The van der Waals surface area contributed by atoms with Crippen molar-refractivity contribution in [1.29, 1.82) is 0 Å². The lowest BCUT2D eigenvalue weighted by Crippen LogP contribution is -2.39. The van der Waals surface area contributed by atoms with Crippen molar-refractivity contribution >= 4 is 11.8 Å². The van der Waals surface area contributed by atoms with E-state index < -0.39 is 0 Å². The maximum atomic E-state index is 13.1. The molecule has 1 fully saturated rings. The monoisotopic (exact) mass is 433 g/mol. The first kappa shape index (κ1) is 20.4. The molecule has 0 radical (unpaired) electrons. The molecular weight excluding hydrogens is 406 g/mol. The van der Waals surface area contributed by atoms with Crippen LogP contribution in [0.1, 0.15) is 50.6 Å². The van der Waals surface area contributed by atoms with Gasteiger partial charge in [0.15, 0.2) is 5.69 Å². The number of amides is 2. The zero-order valence-electron chi connectivity index (χ0n) is 18.4. The normalized spacial score (nSPS) is 18.1. The van der Waals surface area contributed by atoms with Gasteiger partial charge in [-0.3, -0.25) is 14.3 Å². The molecule has 0 unspecified atom stereocenters. The van der Waals surface area contributed by atoms with Gasteiger partial charge in [0.1, 0.15) is 5.69 Å². The van der Waals surface area contributed by atoms with Crippen LogP contribution in [-0.2, 0) is 26.6 Å². The van der Waals surface area contributed by atoms with E-state index in [-0.39, 0.29) is 17.9 Å². The number of benzene rings is 1. The maximum absolute atomic E-state index is 13.1. The predicted molar refractivity (Wildman–Crippen MR) is 117 cm³/mol. The number of hydrogen-bond donors (Lipinski definition) is 0. The van der Waals surface area contributed by atoms with E-state index in [4.69, 9.17) is 0 Å². The van der Waals surface area contributed by atoms with Crippen molar-refractivity contribution in [2.75, 3.05) is 13.1 Å². The first-order chi connectivity index (χ1) is 15.5. The summed E-state index contributed by atoms with van der Waals surface area (Å²) in [7, 11) is 1.79. The second-order valence-corrected chi connectivity index (χ2v) is 8.66. The van der Waals surface area contributed by atoms with Gasteiger partial charge in [0.05, 0.1) is 24.5 Å². The highest BCUT2D eigenvalue weighted by molar-refractivity contribution is 5.93. The molecule has 0 saturated carbocycles. The summed E-state index contributed by atoms with van der Waals surface area (Å²) in [6.45, 7) is 4.38. The van der Waals surface area contributed by atoms with Crippen molar-refractivity contribution in [3.05, 3.63) is 64.7 Å². The molecule has 4 heterocycles. The molecule has 2 aliphatic heterocycles. The van der Waals surface area contributed by atoms with Crippen molar-refractivity contribution < 1.29 is 9.59 Å². The fraction of sp³-hybridized carbons (Fsp3) is 0.435. The molecule has 3 aromatic rings.